The fraction of sp³-hybridized carbons (Fsp3) is 0.267. The van der Waals surface area contributed by atoms with Crippen molar-refractivity contribution >= 4 is 34.6 Å². The third-order valence-corrected chi connectivity index (χ3v) is 4.26. The van der Waals surface area contributed by atoms with Gasteiger partial charge in [-0.2, -0.15) is 0 Å². The number of carbonyl (C=O) groups excluding carboxylic acids is 2. The van der Waals surface area contributed by atoms with Gasteiger partial charge in [-0.3, -0.25) is 14.6 Å². The number of thiophene rings is 1. The van der Waals surface area contributed by atoms with E-state index in [9.17, 15) is 9.59 Å². The van der Waals surface area contributed by atoms with Crippen LogP contribution >= 0.6 is 22.9 Å². The molecule has 2 heterocycles. The monoisotopic (exact) mass is 322 g/mol. The number of hydrogen-bond acceptors (Lipinski definition) is 4. The zero-order valence-corrected chi connectivity index (χ0v) is 13.1. The first-order valence-electron chi connectivity index (χ1n) is 6.54. The molecule has 110 valence electrons. The van der Waals surface area contributed by atoms with Gasteiger partial charge in [0.2, 0.25) is 5.91 Å². The topological polar surface area (TPSA) is 59.1 Å². The predicted octanol–water partition coefficient (Wildman–Crippen LogP) is 3.64. The molecule has 0 saturated heterocycles. The molecule has 2 rings (SSSR count). The summed E-state index contributed by atoms with van der Waals surface area (Å²) in [4.78, 5) is 28.3. The molecule has 0 aromatic carbocycles. The molecule has 0 fully saturated rings. The zero-order valence-electron chi connectivity index (χ0n) is 11.5. The third kappa shape index (κ3) is 4.65. The van der Waals surface area contributed by atoms with Gasteiger partial charge in [0.05, 0.1) is 15.3 Å². The van der Waals surface area contributed by atoms with Gasteiger partial charge in [0, 0.05) is 25.2 Å². The van der Waals surface area contributed by atoms with E-state index in [1.54, 1.807) is 24.5 Å². The van der Waals surface area contributed by atoms with Crippen molar-refractivity contribution in [3.8, 4) is 0 Å². The molecule has 0 aliphatic heterocycles. The Morgan fingerprint density at radius 3 is 2.76 bits per heavy atom. The summed E-state index contributed by atoms with van der Waals surface area (Å²) in [5, 5.41) is 2.85. The second-order valence-corrected chi connectivity index (χ2v) is 6.32. The number of nitrogens with one attached hydrogen (secondary N) is 1. The molecule has 2 aromatic rings. The van der Waals surface area contributed by atoms with Crippen LogP contribution in [0.5, 0.6) is 0 Å². The maximum atomic E-state index is 11.9. The van der Waals surface area contributed by atoms with Crippen molar-refractivity contribution in [2.24, 2.45) is 0 Å². The van der Waals surface area contributed by atoms with Crippen LogP contribution < -0.4 is 5.32 Å². The van der Waals surface area contributed by atoms with E-state index in [2.05, 4.69) is 10.3 Å². The van der Waals surface area contributed by atoms with E-state index in [1.807, 2.05) is 19.1 Å². The van der Waals surface area contributed by atoms with Gasteiger partial charge in [-0.05, 0) is 30.7 Å². The zero-order chi connectivity index (χ0) is 15.2. The Balaban J connectivity index is 1.81. The van der Waals surface area contributed by atoms with Gasteiger partial charge in [0.1, 0.15) is 0 Å². The Morgan fingerprint density at radius 2 is 2.14 bits per heavy atom. The summed E-state index contributed by atoms with van der Waals surface area (Å²) in [5.74, 6) is -0.210. The van der Waals surface area contributed by atoms with Crippen molar-refractivity contribution in [3.05, 3.63) is 51.4 Å². The first kappa shape index (κ1) is 15.7. The maximum Gasteiger partial charge on any atom is 0.220 e. The molecule has 1 unspecified atom stereocenters. The highest BCUT2D eigenvalue weighted by Gasteiger charge is 2.13. The standard InChI is InChI=1S/C15H15ClN2O2S/c1-10(11-3-2-8-17-9-11)18-15(20)7-4-12(19)13-5-6-14(16)21-13/h2-3,5-6,8-10H,4,7H2,1H3,(H,18,20). The molecular weight excluding hydrogens is 308 g/mol. The number of nitrogens with zero attached hydrogens (tertiary/aromatic N) is 1. The minimum Gasteiger partial charge on any atom is -0.350 e. The smallest absolute Gasteiger partial charge is 0.220 e. The number of rotatable bonds is 6. The molecule has 0 aliphatic rings. The largest absolute Gasteiger partial charge is 0.350 e. The summed E-state index contributed by atoms with van der Waals surface area (Å²) in [5.41, 5.74) is 0.933. The lowest BCUT2D eigenvalue weighted by Gasteiger charge is -2.13. The van der Waals surface area contributed by atoms with Gasteiger partial charge in [0.15, 0.2) is 5.78 Å². The Hall–Kier alpha value is -1.72. The van der Waals surface area contributed by atoms with Crippen LogP contribution in [0.25, 0.3) is 0 Å². The first-order chi connectivity index (χ1) is 10.1. The number of halogens is 1. The highest BCUT2D eigenvalue weighted by molar-refractivity contribution is 7.18. The van der Waals surface area contributed by atoms with Crippen LogP contribution in [0.1, 0.15) is 41.0 Å². The quantitative estimate of drug-likeness (QED) is 0.826. The molecule has 21 heavy (non-hydrogen) atoms. The second-order valence-electron chi connectivity index (χ2n) is 4.60. The third-order valence-electron chi connectivity index (χ3n) is 2.99. The van der Waals surface area contributed by atoms with Crippen LogP contribution in [0.3, 0.4) is 0 Å². The fourth-order valence-corrected chi connectivity index (χ4v) is 2.85. The molecule has 1 atom stereocenters. The number of carbonyl (C=O) groups is 2. The van der Waals surface area contributed by atoms with Crippen LogP contribution in [-0.2, 0) is 4.79 Å². The summed E-state index contributed by atoms with van der Waals surface area (Å²) < 4.78 is 0.577. The Bertz CT molecular complexity index is 628. The Kier molecular flexibility index (Phi) is 5.47. The van der Waals surface area contributed by atoms with Crippen molar-refractivity contribution in [1.82, 2.24) is 10.3 Å². The average molecular weight is 323 g/mol. The lowest BCUT2D eigenvalue weighted by Crippen LogP contribution is -2.26. The van der Waals surface area contributed by atoms with Crippen molar-refractivity contribution < 1.29 is 9.59 Å². The van der Waals surface area contributed by atoms with E-state index in [0.717, 1.165) is 5.56 Å². The molecule has 2 aromatic heterocycles. The molecule has 4 nitrogen and oxygen atoms in total. The van der Waals surface area contributed by atoms with Crippen LogP contribution in [0.4, 0.5) is 0 Å². The minimum absolute atomic E-state index is 0.0592. The Morgan fingerprint density at radius 1 is 1.33 bits per heavy atom. The highest BCUT2D eigenvalue weighted by atomic mass is 35.5. The molecule has 6 heteroatoms. The van der Waals surface area contributed by atoms with Gasteiger partial charge in [0.25, 0.3) is 0 Å². The number of aromatic nitrogens is 1. The fourth-order valence-electron chi connectivity index (χ4n) is 1.84. The van der Waals surface area contributed by atoms with Gasteiger partial charge in [-0.1, -0.05) is 17.7 Å². The van der Waals surface area contributed by atoms with Crippen LogP contribution in [0.2, 0.25) is 4.34 Å². The summed E-state index contributed by atoms with van der Waals surface area (Å²) in [6.45, 7) is 1.88. The number of amides is 1. The Labute approximate surface area is 132 Å². The number of Topliss-reactive ketones (excluding diaryl/α,β-unsaturated/α-hetero) is 1. The molecule has 1 amide bonds. The van der Waals surface area contributed by atoms with E-state index in [0.29, 0.717) is 9.21 Å². The van der Waals surface area contributed by atoms with E-state index >= 15 is 0 Å². The van der Waals surface area contributed by atoms with Crippen molar-refractivity contribution in [1.29, 1.82) is 0 Å². The normalized spacial score (nSPS) is 11.9. The molecular formula is C15H15ClN2O2S. The second kappa shape index (κ2) is 7.33. The lowest BCUT2D eigenvalue weighted by atomic mass is 10.1. The average Bonchev–Trinajstić information content (AvgIpc) is 2.92. The van der Waals surface area contributed by atoms with Gasteiger partial charge in [-0.15, -0.1) is 11.3 Å². The summed E-state index contributed by atoms with van der Waals surface area (Å²) >= 11 is 7.02. The maximum absolute atomic E-state index is 11.9. The molecule has 1 N–H and O–H groups in total. The van der Waals surface area contributed by atoms with Gasteiger partial charge >= 0.3 is 0 Å². The van der Waals surface area contributed by atoms with Crippen molar-refractivity contribution in [2.75, 3.05) is 0 Å². The van der Waals surface area contributed by atoms with Gasteiger partial charge < -0.3 is 5.32 Å². The first-order valence-corrected chi connectivity index (χ1v) is 7.73. The summed E-state index contributed by atoms with van der Waals surface area (Å²) in [6, 6.07) is 6.96. The highest BCUT2D eigenvalue weighted by Crippen LogP contribution is 2.23. The lowest BCUT2D eigenvalue weighted by molar-refractivity contribution is -0.121. The van der Waals surface area contributed by atoms with E-state index in [1.165, 1.54) is 11.3 Å². The van der Waals surface area contributed by atoms with E-state index in [4.69, 9.17) is 11.6 Å². The molecule has 0 spiro atoms. The number of pyridine rings is 1. The van der Waals surface area contributed by atoms with E-state index in [-0.39, 0.29) is 30.6 Å². The molecule has 0 bridgehead atoms. The van der Waals surface area contributed by atoms with Crippen molar-refractivity contribution in [2.45, 2.75) is 25.8 Å². The molecule has 0 radical (unpaired) electrons. The summed E-state index contributed by atoms with van der Waals surface area (Å²) in [6.07, 6.45) is 3.74. The SMILES string of the molecule is CC(NC(=O)CCC(=O)c1ccc(Cl)s1)c1cccnc1. The van der Waals surface area contributed by atoms with Crippen LogP contribution in [0.15, 0.2) is 36.7 Å². The van der Waals surface area contributed by atoms with Gasteiger partial charge in [-0.25, -0.2) is 0 Å². The summed E-state index contributed by atoms with van der Waals surface area (Å²) in [7, 11) is 0. The number of ketones is 1. The molecule has 0 aliphatic carbocycles. The number of hydrogen-bond donors (Lipinski definition) is 1. The van der Waals surface area contributed by atoms with Crippen molar-refractivity contribution in [3.63, 3.8) is 0 Å². The van der Waals surface area contributed by atoms with Crippen LogP contribution in [-0.4, -0.2) is 16.7 Å². The van der Waals surface area contributed by atoms with Crippen LogP contribution in [0, 0.1) is 0 Å². The minimum atomic E-state index is -0.151. The predicted molar refractivity (Wildman–Crippen MR) is 83.7 cm³/mol. The van der Waals surface area contributed by atoms with E-state index < -0.39 is 0 Å². The molecule has 0 saturated carbocycles.